The van der Waals surface area contributed by atoms with Gasteiger partial charge in [-0.2, -0.15) is 0 Å². The van der Waals surface area contributed by atoms with Gasteiger partial charge in [0.15, 0.2) is 0 Å². The summed E-state index contributed by atoms with van der Waals surface area (Å²) in [6.07, 6.45) is 2.48. The number of rotatable bonds is 5. The van der Waals surface area contributed by atoms with Crippen LogP contribution in [0.25, 0.3) is 0 Å². The van der Waals surface area contributed by atoms with Crippen molar-refractivity contribution in [2.24, 2.45) is 0 Å². The second-order valence-electron chi connectivity index (χ2n) is 4.81. The van der Waals surface area contributed by atoms with Crippen molar-refractivity contribution in [1.82, 2.24) is 5.32 Å². The molecule has 0 fully saturated rings. The Balaban J connectivity index is 1.93. The summed E-state index contributed by atoms with van der Waals surface area (Å²) < 4.78 is 5.56. The summed E-state index contributed by atoms with van der Waals surface area (Å²) in [5.41, 5.74) is 0.990. The van der Waals surface area contributed by atoms with E-state index in [9.17, 15) is 4.79 Å². The van der Waals surface area contributed by atoms with Crippen LogP contribution in [0.3, 0.4) is 0 Å². The summed E-state index contributed by atoms with van der Waals surface area (Å²) in [7, 11) is 0. The molecule has 3 nitrogen and oxygen atoms in total. The number of carbonyl (C=O) groups is 1. The number of carbonyl (C=O) groups excluding carboxylic acids is 1. The molecular formula is C15H20ClNO2. The highest BCUT2D eigenvalue weighted by atomic mass is 35.5. The average molecular weight is 282 g/mol. The van der Waals surface area contributed by atoms with E-state index in [0.717, 1.165) is 30.6 Å². The third-order valence-electron chi connectivity index (χ3n) is 3.47. The van der Waals surface area contributed by atoms with Gasteiger partial charge in [-0.15, -0.1) is 11.6 Å². The van der Waals surface area contributed by atoms with Crippen molar-refractivity contribution in [3.05, 3.63) is 29.8 Å². The standard InChI is InChI=1S/C15H20ClNO2/c1-2-11(16)7-9-17-15(18)13-8-10-19-14-6-4-3-5-12(13)14/h3-6,11,13H,2,7-10H2,1H3,(H,17,18). The Hall–Kier alpha value is -1.22. The molecule has 1 aliphatic rings. The number of alkyl halides is 1. The largest absolute Gasteiger partial charge is 0.493 e. The predicted octanol–water partition coefficient (Wildman–Crippen LogP) is 3.08. The Kier molecular flexibility index (Phi) is 5.08. The smallest absolute Gasteiger partial charge is 0.227 e. The molecule has 2 rings (SSSR count). The van der Waals surface area contributed by atoms with Crippen LogP contribution in [-0.2, 0) is 4.79 Å². The Morgan fingerprint density at radius 3 is 3.11 bits per heavy atom. The van der Waals surface area contributed by atoms with Crippen molar-refractivity contribution < 1.29 is 9.53 Å². The van der Waals surface area contributed by atoms with Crippen LogP contribution in [0.5, 0.6) is 5.75 Å². The van der Waals surface area contributed by atoms with Gasteiger partial charge in [0.1, 0.15) is 5.75 Å². The molecule has 0 saturated carbocycles. The lowest BCUT2D eigenvalue weighted by Gasteiger charge is -2.25. The number of hydrogen-bond donors (Lipinski definition) is 1. The molecule has 0 spiro atoms. The number of para-hydroxylation sites is 1. The molecule has 1 aromatic rings. The highest BCUT2D eigenvalue weighted by Crippen LogP contribution is 2.33. The van der Waals surface area contributed by atoms with Gasteiger partial charge in [0, 0.05) is 17.5 Å². The second kappa shape index (κ2) is 6.80. The number of halogens is 1. The van der Waals surface area contributed by atoms with E-state index in [1.54, 1.807) is 0 Å². The predicted molar refractivity (Wildman–Crippen MR) is 76.9 cm³/mol. The molecule has 4 heteroatoms. The van der Waals surface area contributed by atoms with E-state index in [0.29, 0.717) is 13.2 Å². The van der Waals surface area contributed by atoms with Gasteiger partial charge in [-0.3, -0.25) is 4.79 Å². The lowest BCUT2D eigenvalue weighted by atomic mass is 9.92. The van der Waals surface area contributed by atoms with E-state index in [1.165, 1.54) is 0 Å². The minimum absolute atomic E-state index is 0.0794. The van der Waals surface area contributed by atoms with E-state index in [2.05, 4.69) is 5.32 Å². The topological polar surface area (TPSA) is 38.3 Å². The van der Waals surface area contributed by atoms with Crippen molar-refractivity contribution >= 4 is 17.5 Å². The van der Waals surface area contributed by atoms with Gasteiger partial charge in [-0.25, -0.2) is 0 Å². The number of nitrogens with one attached hydrogen (secondary N) is 1. The van der Waals surface area contributed by atoms with E-state index in [4.69, 9.17) is 16.3 Å². The minimum atomic E-state index is -0.0969. The summed E-state index contributed by atoms with van der Waals surface area (Å²) in [4.78, 5) is 12.2. The van der Waals surface area contributed by atoms with Crippen LogP contribution >= 0.6 is 11.6 Å². The fourth-order valence-electron chi connectivity index (χ4n) is 2.29. The summed E-state index contributed by atoms with van der Waals surface area (Å²) in [6, 6.07) is 7.76. The molecule has 2 unspecified atom stereocenters. The van der Waals surface area contributed by atoms with Crippen LogP contribution in [0.1, 0.15) is 37.7 Å². The maximum atomic E-state index is 12.2. The van der Waals surface area contributed by atoms with Crippen molar-refractivity contribution in [2.45, 2.75) is 37.5 Å². The molecule has 1 aromatic carbocycles. The van der Waals surface area contributed by atoms with Crippen LogP contribution in [0.4, 0.5) is 0 Å². The van der Waals surface area contributed by atoms with Crippen molar-refractivity contribution in [3.8, 4) is 5.75 Å². The number of benzene rings is 1. The maximum Gasteiger partial charge on any atom is 0.227 e. The van der Waals surface area contributed by atoms with Crippen LogP contribution < -0.4 is 10.1 Å². The molecule has 0 radical (unpaired) electrons. The molecule has 2 atom stereocenters. The van der Waals surface area contributed by atoms with Gasteiger partial charge < -0.3 is 10.1 Å². The zero-order valence-electron chi connectivity index (χ0n) is 11.2. The lowest BCUT2D eigenvalue weighted by Crippen LogP contribution is -2.33. The highest BCUT2D eigenvalue weighted by Gasteiger charge is 2.26. The summed E-state index contributed by atoms with van der Waals surface area (Å²) in [5.74, 6) is 0.814. The highest BCUT2D eigenvalue weighted by molar-refractivity contribution is 6.20. The average Bonchev–Trinajstić information content (AvgIpc) is 2.46. The molecule has 1 N–H and O–H groups in total. The maximum absolute atomic E-state index is 12.2. The molecule has 0 bridgehead atoms. The van der Waals surface area contributed by atoms with E-state index in [1.807, 2.05) is 31.2 Å². The van der Waals surface area contributed by atoms with Crippen LogP contribution in [0.2, 0.25) is 0 Å². The number of ether oxygens (including phenoxy) is 1. The third kappa shape index (κ3) is 3.63. The quantitative estimate of drug-likeness (QED) is 0.843. The number of fused-ring (bicyclic) bond motifs is 1. The first-order chi connectivity index (χ1) is 9.22. The van der Waals surface area contributed by atoms with Crippen molar-refractivity contribution in [1.29, 1.82) is 0 Å². The Morgan fingerprint density at radius 1 is 1.53 bits per heavy atom. The molecular weight excluding hydrogens is 262 g/mol. The minimum Gasteiger partial charge on any atom is -0.493 e. The number of hydrogen-bond acceptors (Lipinski definition) is 2. The zero-order valence-corrected chi connectivity index (χ0v) is 12.0. The van der Waals surface area contributed by atoms with Gasteiger partial charge >= 0.3 is 0 Å². The molecule has 1 aliphatic heterocycles. The summed E-state index contributed by atoms with van der Waals surface area (Å²) >= 11 is 6.04. The second-order valence-corrected chi connectivity index (χ2v) is 5.43. The van der Waals surface area contributed by atoms with Crippen molar-refractivity contribution in [2.75, 3.05) is 13.2 Å². The fraction of sp³-hybridized carbons (Fsp3) is 0.533. The van der Waals surface area contributed by atoms with Crippen LogP contribution in [-0.4, -0.2) is 24.4 Å². The molecule has 104 valence electrons. The fourth-order valence-corrected chi connectivity index (χ4v) is 2.40. The van der Waals surface area contributed by atoms with E-state index >= 15 is 0 Å². The first-order valence-corrected chi connectivity index (χ1v) is 7.29. The zero-order chi connectivity index (χ0) is 13.7. The Bertz CT molecular complexity index is 436. The normalized spacial score (nSPS) is 19.2. The van der Waals surface area contributed by atoms with E-state index in [-0.39, 0.29) is 17.2 Å². The van der Waals surface area contributed by atoms with Gasteiger partial charge in [-0.1, -0.05) is 25.1 Å². The van der Waals surface area contributed by atoms with Gasteiger partial charge in [0.25, 0.3) is 0 Å². The molecule has 0 saturated heterocycles. The van der Waals surface area contributed by atoms with Crippen LogP contribution in [0.15, 0.2) is 24.3 Å². The Labute approximate surface area is 119 Å². The SMILES string of the molecule is CCC(Cl)CCNC(=O)C1CCOc2ccccc21. The summed E-state index contributed by atoms with van der Waals surface area (Å²) in [6.45, 7) is 3.29. The first kappa shape index (κ1) is 14.2. The molecule has 1 amide bonds. The van der Waals surface area contributed by atoms with Crippen LogP contribution in [0, 0.1) is 0 Å². The Morgan fingerprint density at radius 2 is 2.32 bits per heavy atom. The van der Waals surface area contributed by atoms with Crippen molar-refractivity contribution in [3.63, 3.8) is 0 Å². The molecule has 19 heavy (non-hydrogen) atoms. The molecule has 1 heterocycles. The van der Waals surface area contributed by atoms with Gasteiger partial charge in [-0.05, 0) is 25.3 Å². The summed E-state index contributed by atoms with van der Waals surface area (Å²) in [5, 5.41) is 3.12. The molecule has 0 aliphatic carbocycles. The third-order valence-corrected chi connectivity index (χ3v) is 4.00. The molecule has 0 aromatic heterocycles. The van der Waals surface area contributed by atoms with E-state index < -0.39 is 0 Å². The van der Waals surface area contributed by atoms with Gasteiger partial charge in [0.2, 0.25) is 5.91 Å². The lowest BCUT2D eigenvalue weighted by molar-refractivity contribution is -0.123. The first-order valence-electron chi connectivity index (χ1n) is 6.86. The van der Waals surface area contributed by atoms with Gasteiger partial charge in [0.05, 0.1) is 12.5 Å². The monoisotopic (exact) mass is 281 g/mol. The number of amides is 1.